The minimum atomic E-state index is -1.28. The number of rotatable bonds is 0. The first-order chi connectivity index (χ1) is 2.27. The zero-order valence-corrected chi connectivity index (χ0v) is 3.50. The number of carbonyl (C=O) groups is 1. The van der Waals surface area contributed by atoms with Crippen LogP contribution in [0.25, 0.3) is 0 Å². The van der Waals surface area contributed by atoms with Crippen molar-refractivity contribution in [2.45, 2.75) is 0 Å². The van der Waals surface area contributed by atoms with Gasteiger partial charge in [-0.2, -0.15) is 0 Å². The van der Waals surface area contributed by atoms with Gasteiger partial charge in [0.05, 0.1) is 9.47 Å². The van der Waals surface area contributed by atoms with Crippen LogP contribution >= 0.6 is 9.47 Å². The van der Waals surface area contributed by atoms with Crippen molar-refractivity contribution in [3.05, 3.63) is 0 Å². The third-order valence-corrected chi connectivity index (χ3v) is 0.302. The Kier molecular flexibility index (Phi) is 25.5. The van der Waals surface area contributed by atoms with Crippen molar-refractivity contribution in [2.24, 2.45) is 0 Å². The maximum atomic E-state index is 9.12. The quantitative estimate of drug-likeness (QED) is 0.368. The van der Waals surface area contributed by atoms with Gasteiger partial charge in [-0.3, -0.25) is 0 Å². The molecular weight excluding hydrogens is 171 g/mol. The third-order valence-electron chi connectivity index (χ3n) is 0.101. The Bertz CT molecular complexity index is 48.2. The second-order valence-electron chi connectivity index (χ2n) is 0.384. The van der Waals surface area contributed by atoms with Gasteiger partial charge < -0.3 is 9.63 Å². The van der Waals surface area contributed by atoms with Gasteiger partial charge in [-0.05, 0) is 0 Å². The molecule has 1 N–H and O–H groups in total. The second-order valence-corrected chi connectivity index (χ2v) is 0.619. The van der Waals surface area contributed by atoms with Crippen LogP contribution < -0.4 is 0 Å². The average Bonchev–Trinajstić information content (AvgIpc) is 1.38. The number of carboxylic acid groups (broad SMARTS) is 1. The summed E-state index contributed by atoms with van der Waals surface area (Å²) in [7, 11) is 1.59. The molecule has 0 aliphatic carbocycles. The van der Waals surface area contributed by atoms with Crippen molar-refractivity contribution in [3.8, 4) is 0 Å². The molecule has 1 unspecified atom stereocenters. The summed E-state index contributed by atoms with van der Waals surface area (Å²) in [5, 5.41) is 7.48. The SMILES string of the molecule is O=C(O)OP.[CaH2].[CaH2]. The summed E-state index contributed by atoms with van der Waals surface area (Å²) in [4.78, 5) is 9.12. The topological polar surface area (TPSA) is 46.5 Å². The molecule has 0 bridgehead atoms. The van der Waals surface area contributed by atoms with Gasteiger partial charge in [-0.25, -0.2) is 4.79 Å². The van der Waals surface area contributed by atoms with Crippen LogP contribution in [0.3, 0.4) is 0 Å². The molecule has 1 atom stereocenters. The average molecular weight is 178 g/mol. The van der Waals surface area contributed by atoms with Gasteiger partial charge >= 0.3 is 81.6 Å². The van der Waals surface area contributed by atoms with Gasteiger partial charge in [0, 0.05) is 0 Å². The summed E-state index contributed by atoms with van der Waals surface area (Å²) < 4.78 is 3.58. The first-order valence-electron chi connectivity index (χ1n) is 0.868. The zero-order valence-electron chi connectivity index (χ0n) is 2.34. The van der Waals surface area contributed by atoms with Gasteiger partial charge in [0.2, 0.25) is 0 Å². The van der Waals surface area contributed by atoms with Crippen LogP contribution in [0.1, 0.15) is 0 Å². The molecule has 0 aromatic rings. The van der Waals surface area contributed by atoms with Crippen LogP contribution in [0.4, 0.5) is 4.79 Å². The molecule has 6 heteroatoms. The fourth-order valence-corrected chi connectivity index (χ4v) is 0. The molecule has 3 nitrogen and oxygen atoms in total. The first-order valence-corrected chi connectivity index (χ1v) is 1.34. The van der Waals surface area contributed by atoms with Crippen LogP contribution in [0.2, 0.25) is 0 Å². The van der Waals surface area contributed by atoms with Gasteiger partial charge in [0.15, 0.2) is 0 Å². The predicted molar refractivity (Wildman–Crippen MR) is 35.9 cm³/mol. The fraction of sp³-hybridized carbons (Fsp3) is 0. The van der Waals surface area contributed by atoms with Crippen LogP contribution in [0.5, 0.6) is 0 Å². The molecule has 0 aromatic heterocycles. The Balaban J connectivity index is -0.0000000800. The molecule has 0 rings (SSSR count). The Labute approximate surface area is 103 Å². The monoisotopic (exact) mass is 178 g/mol. The van der Waals surface area contributed by atoms with E-state index in [4.69, 9.17) is 9.90 Å². The Morgan fingerprint density at radius 3 is 1.71 bits per heavy atom. The van der Waals surface area contributed by atoms with E-state index in [0.29, 0.717) is 0 Å². The summed E-state index contributed by atoms with van der Waals surface area (Å²) in [6, 6.07) is 0. The van der Waals surface area contributed by atoms with Gasteiger partial charge in [0.25, 0.3) is 0 Å². The standard InChI is InChI=1S/CH3O3P.2Ca.4H/c2-1(3)4-5;;;;;;/h5H2,(H,2,3);;;;;;. The molecule has 0 saturated heterocycles. The van der Waals surface area contributed by atoms with Crippen molar-refractivity contribution in [1.82, 2.24) is 0 Å². The van der Waals surface area contributed by atoms with E-state index in [-0.39, 0.29) is 75.5 Å². The molecule has 0 radical (unpaired) electrons. The number of hydrogen-bond acceptors (Lipinski definition) is 2. The zero-order chi connectivity index (χ0) is 4.28. The Morgan fingerprint density at radius 1 is 1.57 bits per heavy atom. The number of hydrogen-bond donors (Lipinski definition) is 1. The maximum absolute atomic E-state index is 9.12. The summed E-state index contributed by atoms with van der Waals surface area (Å²) >= 11 is 0. The molecular formula is CH7Ca2O3P. The van der Waals surface area contributed by atoms with E-state index in [2.05, 4.69) is 4.52 Å². The van der Waals surface area contributed by atoms with Crippen molar-refractivity contribution < 1.29 is 14.4 Å². The molecule has 7 heavy (non-hydrogen) atoms. The Morgan fingerprint density at radius 2 is 1.71 bits per heavy atom. The van der Waals surface area contributed by atoms with Crippen LogP contribution in [0, 0.1) is 0 Å². The van der Waals surface area contributed by atoms with Gasteiger partial charge in [-0.1, -0.05) is 0 Å². The molecule has 0 heterocycles. The van der Waals surface area contributed by atoms with Gasteiger partial charge in [0.1, 0.15) is 0 Å². The van der Waals surface area contributed by atoms with Crippen LogP contribution in [0.15, 0.2) is 0 Å². The summed E-state index contributed by atoms with van der Waals surface area (Å²) in [6.07, 6.45) is -1.28. The molecule has 0 saturated carbocycles. The van der Waals surface area contributed by atoms with Crippen LogP contribution in [-0.2, 0) is 4.52 Å². The van der Waals surface area contributed by atoms with Crippen molar-refractivity contribution in [2.75, 3.05) is 0 Å². The summed E-state index contributed by atoms with van der Waals surface area (Å²) in [5.74, 6) is 0. The van der Waals surface area contributed by atoms with Crippen LogP contribution in [-0.4, -0.2) is 86.7 Å². The fourth-order valence-electron chi connectivity index (χ4n) is 0. The molecule has 0 fully saturated rings. The van der Waals surface area contributed by atoms with Gasteiger partial charge in [-0.15, -0.1) is 0 Å². The molecule has 0 aliphatic heterocycles. The van der Waals surface area contributed by atoms with E-state index in [9.17, 15) is 0 Å². The normalized spacial score (nSPS) is 4.71. The van der Waals surface area contributed by atoms with E-state index >= 15 is 0 Å². The van der Waals surface area contributed by atoms with E-state index in [1.807, 2.05) is 0 Å². The van der Waals surface area contributed by atoms with E-state index in [0.717, 1.165) is 0 Å². The second kappa shape index (κ2) is 11.1. The Hall–Kier alpha value is 2.22. The minimum absolute atomic E-state index is 0. The molecule has 0 aromatic carbocycles. The van der Waals surface area contributed by atoms with Crippen molar-refractivity contribution in [3.63, 3.8) is 0 Å². The van der Waals surface area contributed by atoms with E-state index in [1.165, 1.54) is 0 Å². The molecule has 38 valence electrons. The third kappa shape index (κ3) is 17.9. The summed E-state index contributed by atoms with van der Waals surface area (Å²) in [6.45, 7) is 0. The molecule has 0 spiro atoms. The first kappa shape index (κ1) is 16.1. The van der Waals surface area contributed by atoms with Crippen molar-refractivity contribution >= 4 is 91.1 Å². The summed E-state index contributed by atoms with van der Waals surface area (Å²) in [5.41, 5.74) is 0. The predicted octanol–water partition coefficient (Wildman–Crippen LogP) is -1.36. The van der Waals surface area contributed by atoms with E-state index < -0.39 is 6.16 Å². The molecule has 0 amide bonds. The molecule has 0 aliphatic rings. The van der Waals surface area contributed by atoms with E-state index in [1.54, 1.807) is 9.47 Å². The van der Waals surface area contributed by atoms with Crippen molar-refractivity contribution in [1.29, 1.82) is 0 Å².